The van der Waals surface area contributed by atoms with E-state index in [4.69, 9.17) is 0 Å². The number of anilines is 2. The van der Waals surface area contributed by atoms with Crippen LogP contribution in [0, 0.1) is 15.9 Å². The van der Waals surface area contributed by atoms with Crippen molar-refractivity contribution in [1.82, 2.24) is 0 Å². The van der Waals surface area contributed by atoms with Gasteiger partial charge < -0.3 is 10.2 Å². The first kappa shape index (κ1) is 19.7. The van der Waals surface area contributed by atoms with Gasteiger partial charge in [-0.3, -0.25) is 14.9 Å². The predicted octanol–water partition coefficient (Wildman–Crippen LogP) is 2.37. The van der Waals surface area contributed by atoms with Crippen molar-refractivity contribution in [3.05, 3.63) is 64.5 Å². The zero-order valence-electron chi connectivity index (χ0n) is 14.7. The van der Waals surface area contributed by atoms with Crippen LogP contribution in [0.15, 0.2) is 48.5 Å². The van der Waals surface area contributed by atoms with Crippen LogP contribution in [0.2, 0.25) is 0 Å². The first-order valence-corrected chi connectivity index (χ1v) is 10.3. The number of sulfone groups is 1. The monoisotopic (exact) mass is 407 g/mol. The highest BCUT2D eigenvalue weighted by Gasteiger charge is 2.35. The van der Waals surface area contributed by atoms with E-state index in [0.717, 1.165) is 12.1 Å². The van der Waals surface area contributed by atoms with Crippen molar-refractivity contribution in [2.24, 2.45) is 0 Å². The molecule has 2 aromatic carbocycles. The second kappa shape index (κ2) is 7.93. The highest BCUT2D eigenvalue weighted by molar-refractivity contribution is 7.91. The average Bonchev–Trinajstić information content (AvgIpc) is 3.01. The molecular formula is C18H18FN3O5S. The van der Waals surface area contributed by atoms with Gasteiger partial charge in [-0.25, -0.2) is 8.42 Å². The van der Waals surface area contributed by atoms with Crippen LogP contribution in [0.25, 0.3) is 0 Å². The molecule has 3 rings (SSSR count). The van der Waals surface area contributed by atoms with Crippen molar-refractivity contribution in [2.75, 3.05) is 28.3 Å². The minimum absolute atomic E-state index is 0.0197. The molecule has 148 valence electrons. The zero-order valence-corrected chi connectivity index (χ0v) is 15.6. The number of nitro benzene ring substituents is 1. The van der Waals surface area contributed by atoms with Crippen molar-refractivity contribution in [1.29, 1.82) is 0 Å². The molecule has 0 aromatic heterocycles. The molecule has 1 N–H and O–H groups in total. The fourth-order valence-electron chi connectivity index (χ4n) is 3.15. The Morgan fingerprint density at radius 1 is 1.25 bits per heavy atom. The third-order valence-electron chi connectivity index (χ3n) is 4.46. The molecule has 1 aliphatic heterocycles. The van der Waals surface area contributed by atoms with Crippen molar-refractivity contribution >= 4 is 32.8 Å². The van der Waals surface area contributed by atoms with Gasteiger partial charge >= 0.3 is 5.69 Å². The molecule has 28 heavy (non-hydrogen) atoms. The molecule has 0 unspecified atom stereocenters. The van der Waals surface area contributed by atoms with Gasteiger partial charge in [0.1, 0.15) is 0 Å². The van der Waals surface area contributed by atoms with Gasteiger partial charge in [0.05, 0.1) is 29.0 Å². The smallest absolute Gasteiger partial charge is 0.306 e. The topological polar surface area (TPSA) is 110 Å². The van der Waals surface area contributed by atoms with Crippen LogP contribution in [-0.4, -0.2) is 43.3 Å². The Morgan fingerprint density at radius 3 is 2.57 bits per heavy atom. The van der Waals surface area contributed by atoms with Crippen LogP contribution in [0.3, 0.4) is 0 Å². The van der Waals surface area contributed by atoms with E-state index in [9.17, 15) is 27.7 Å². The van der Waals surface area contributed by atoms with Gasteiger partial charge in [0.15, 0.2) is 9.84 Å². The Kier molecular flexibility index (Phi) is 5.59. The second-order valence-corrected chi connectivity index (χ2v) is 8.66. The number of hydrogen-bond acceptors (Lipinski definition) is 6. The van der Waals surface area contributed by atoms with Crippen LogP contribution in [0.5, 0.6) is 0 Å². The van der Waals surface area contributed by atoms with Gasteiger partial charge in [-0.2, -0.15) is 4.39 Å². The minimum Gasteiger partial charge on any atom is -0.376 e. The molecule has 8 nitrogen and oxygen atoms in total. The molecule has 1 amide bonds. The molecule has 0 radical (unpaired) electrons. The minimum atomic E-state index is -3.20. The van der Waals surface area contributed by atoms with E-state index in [2.05, 4.69) is 5.32 Å². The van der Waals surface area contributed by atoms with Crippen LogP contribution in [0.1, 0.15) is 6.42 Å². The molecule has 0 spiro atoms. The molecule has 1 heterocycles. The Bertz CT molecular complexity index is 998. The highest BCUT2D eigenvalue weighted by atomic mass is 32.2. The maximum atomic E-state index is 13.4. The molecule has 0 bridgehead atoms. The SMILES string of the molecule is O=C(CNc1ccc(F)c([N+](=O)[O-])c1)N(c1ccccc1)[C@H]1CCS(=O)(=O)C1. The summed E-state index contributed by atoms with van der Waals surface area (Å²) in [7, 11) is -3.20. The lowest BCUT2D eigenvalue weighted by Crippen LogP contribution is -2.44. The number of carbonyl (C=O) groups excluding carboxylic acids is 1. The normalized spacial score (nSPS) is 17.8. The van der Waals surface area contributed by atoms with E-state index >= 15 is 0 Å². The summed E-state index contributed by atoms with van der Waals surface area (Å²) < 4.78 is 37.2. The van der Waals surface area contributed by atoms with Crippen molar-refractivity contribution in [3.63, 3.8) is 0 Å². The van der Waals surface area contributed by atoms with Crippen molar-refractivity contribution in [3.8, 4) is 0 Å². The Hall–Kier alpha value is -3.01. The molecule has 1 atom stereocenters. The molecule has 0 aliphatic carbocycles. The first-order valence-electron chi connectivity index (χ1n) is 8.52. The van der Waals surface area contributed by atoms with Gasteiger partial charge in [-0.05, 0) is 30.7 Å². The Balaban J connectivity index is 1.79. The summed E-state index contributed by atoms with van der Waals surface area (Å²) in [5, 5.41) is 13.6. The first-order chi connectivity index (χ1) is 13.3. The van der Waals surface area contributed by atoms with E-state index in [0.29, 0.717) is 12.1 Å². The summed E-state index contributed by atoms with van der Waals surface area (Å²) >= 11 is 0. The van der Waals surface area contributed by atoms with E-state index in [1.54, 1.807) is 30.3 Å². The van der Waals surface area contributed by atoms with Gasteiger partial charge in [0.25, 0.3) is 0 Å². The third-order valence-corrected chi connectivity index (χ3v) is 6.21. The Morgan fingerprint density at radius 2 is 1.96 bits per heavy atom. The average molecular weight is 407 g/mol. The number of benzene rings is 2. The second-order valence-electron chi connectivity index (χ2n) is 6.43. The summed E-state index contributed by atoms with van der Waals surface area (Å²) in [5.41, 5.74) is 0.0919. The number of nitrogens with zero attached hydrogens (tertiary/aromatic N) is 2. The van der Waals surface area contributed by atoms with E-state index < -0.39 is 32.3 Å². The summed E-state index contributed by atoms with van der Waals surface area (Å²) in [6.07, 6.45) is 0.338. The lowest BCUT2D eigenvalue weighted by Gasteiger charge is -2.28. The Labute approximate surface area is 161 Å². The number of nitro groups is 1. The van der Waals surface area contributed by atoms with E-state index in [-0.39, 0.29) is 29.6 Å². The molecule has 1 aliphatic rings. The van der Waals surface area contributed by atoms with Crippen LogP contribution in [-0.2, 0) is 14.6 Å². The number of amides is 1. The maximum absolute atomic E-state index is 13.4. The lowest BCUT2D eigenvalue weighted by atomic mass is 10.1. The van der Waals surface area contributed by atoms with Gasteiger partial charge in [0.2, 0.25) is 11.7 Å². The van der Waals surface area contributed by atoms with E-state index in [1.807, 2.05) is 0 Å². The summed E-state index contributed by atoms with van der Waals surface area (Å²) in [6, 6.07) is 11.5. The fraction of sp³-hybridized carbons (Fsp3) is 0.278. The molecule has 2 aromatic rings. The number of hydrogen-bond donors (Lipinski definition) is 1. The molecule has 0 saturated carbocycles. The van der Waals surface area contributed by atoms with Crippen LogP contribution in [0.4, 0.5) is 21.5 Å². The number of carbonyl (C=O) groups is 1. The summed E-state index contributed by atoms with van der Waals surface area (Å²) in [4.78, 5) is 24.3. The summed E-state index contributed by atoms with van der Waals surface area (Å²) in [6.45, 7) is -0.228. The van der Waals surface area contributed by atoms with E-state index in [1.165, 1.54) is 11.0 Å². The predicted molar refractivity (Wildman–Crippen MR) is 103 cm³/mol. The number of para-hydroxylation sites is 1. The third kappa shape index (κ3) is 4.45. The molecular weight excluding hydrogens is 389 g/mol. The fourth-order valence-corrected chi connectivity index (χ4v) is 4.85. The zero-order chi connectivity index (χ0) is 20.3. The van der Waals surface area contributed by atoms with Crippen molar-refractivity contribution < 1.29 is 22.5 Å². The van der Waals surface area contributed by atoms with Gasteiger partial charge in [0, 0.05) is 17.4 Å². The molecule has 1 fully saturated rings. The standard InChI is InChI=1S/C18H18FN3O5S/c19-16-7-6-13(10-17(16)22(24)25)20-11-18(23)21(14-4-2-1-3-5-14)15-8-9-28(26,27)12-15/h1-7,10,15,20H,8-9,11-12H2/t15-/m0/s1. The quantitative estimate of drug-likeness (QED) is 0.582. The van der Waals surface area contributed by atoms with Gasteiger partial charge in [-0.15, -0.1) is 0 Å². The van der Waals surface area contributed by atoms with Crippen LogP contribution >= 0.6 is 0 Å². The highest BCUT2D eigenvalue weighted by Crippen LogP contribution is 2.25. The summed E-state index contributed by atoms with van der Waals surface area (Å²) in [5.74, 6) is -1.45. The van der Waals surface area contributed by atoms with Gasteiger partial charge in [-0.1, -0.05) is 18.2 Å². The maximum Gasteiger partial charge on any atom is 0.306 e. The van der Waals surface area contributed by atoms with Crippen LogP contribution < -0.4 is 10.2 Å². The number of halogens is 1. The largest absolute Gasteiger partial charge is 0.376 e. The molecule has 10 heteroatoms. The molecule has 1 saturated heterocycles. The number of rotatable bonds is 6. The lowest BCUT2D eigenvalue weighted by molar-refractivity contribution is -0.387. The van der Waals surface area contributed by atoms with Crippen molar-refractivity contribution in [2.45, 2.75) is 12.5 Å². The number of nitrogens with one attached hydrogen (secondary N) is 1.